The van der Waals surface area contributed by atoms with Crippen molar-refractivity contribution in [2.75, 3.05) is 4.90 Å². The second-order valence-corrected chi connectivity index (χ2v) is 5.11. The van der Waals surface area contributed by atoms with Gasteiger partial charge < -0.3 is 9.64 Å². The van der Waals surface area contributed by atoms with Gasteiger partial charge in [-0.3, -0.25) is 0 Å². The van der Waals surface area contributed by atoms with Crippen molar-refractivity contribution in [2.45, 2.75) is 6.54 Å². The maximum atomic E-state index is 6.00. The van der Waals surface area contributed by atoms with Crippen molar-refractivity contribution in [3.05, 3.63) is 84.4 Å². The van der Waals surface area contributed by atoms with Crippen LogP contribution in [0, 0.1) is 0 Å². The van der Waals surface area contributed by atoms with E-state index in [9.17, 15) is 0 Å². The van der Waals surface area contributed by atoms with Gasteiger partial charge in [-0.2, -0.15) is 0 Å². The number of rotatable bonds is 2. The number of hydrogen-bond acceptors (Lipinski definition) is 2. The Morgan fingerprint density at radius 1 is 0.619 bits per heavy atom. The Balaban J connectivity index is 1.82. The summed E-state index contributed by atoms with van der Waals surface area (Å²) in [6.07, 6.45) is 0. The normalized spacial score (nSPS) is 12.3. The summed E-state index contributed by atoms with van der Waals surface area (Å²) in [6.45, 7) is 0.832. The zero-order chi connectivity index (χ0) is 14.1. The van der Waals surface area contributed by atoms with E-state index in [4.69, 9.17) is 4.74 Å². The summed E-state index contributed by atoms with van der Waals surface area (Å²) in [5.74, 6) is 1.82. The SMILES string of the molecule is c1ccc(CN2c3ccccc3Oc3ccccc32)cc1. The van der Waals surface area contributed by atoms with Gasteiger partial charge in [0.2, 0.25) is 0 Å². The summed E-state index contributed by atoms with van der Waals surface area (Å²) < 4.78 is 6.00. The number of ether oxygens (including phenoxy) is 1. The Morgan fingerprint density at radius 3 is 1.76 bits per heavy atom. The van der Waals surface area contributed by atoms with Crippen LogP contribution in [0.5, 0.6) is 11.5 Å². The van der Waals surface area contributed by atoms with Gasteiger partial charge in [-0.05, 0) is 29.8 Å². The molecular weight excluding hydrogens is 258 g/mol. The van der Waals surface area contributed by atoms with Crippen LogP contribution in [-0.2, 0) is 6.54 Å². The minimum atomic E-state index is 0.832. The van der Waals surface area contributed by atoms with Crippen LogP contribution in [0.25, 0.3) is 0 Å². The lowest BCUT2D eigenvalue weighted by molar-refractivity contribution is 0.473. The molecule has 0 amide bonds. The molecule has 3 aromatic rings. The third-order valence-corrected chi connectivity index (χ3v) is 3.72. The molecule has 0 bridgehead atoms. The molecule has 1 aliphatic heterocycles. The van der Waals surface area contributed by atoms with E-state index in [-0.39, 0.29) is 0 Å². The predicted molar refractivity (Wildman–Crippen MR) is 85.2 cm³/mol. The van der Waals surface area contributed by atoms with E-state index >= 15 is 0 Å². The second-order valence-electron chi connectivity index (χ2n) is 5.11. The highest BCUT2D eigenvalue weighted by atomic mass is 16.5. The minimum absolute atomic E-state index is 0.832. The van der Waals surface area contributed by atoms with E-state index in [0.29, 0.717) is 0 Å². The number of hydrogen-bond donors (Lipinski definition) is 0. The molecule has 21 heavy (non-hydrogen) atoms. The van der Waals surface area contributed by atoms with Crippen molar-refractivity contribution in [3.63, 3.8) is 0 Å². The lowest BCUT2D eigenvalue weighted by Gasteiger charge is -2.32. The van der Waals surface area contributed by atoms with Crippen LogP contribution >= 0.6 is 0 Å². The van der Waals surface area contributed by atoms with Crippen molar-refractivity contribution >= 4 is 11.4 Å². The van der Waals surface area contributed by atoms with Crippen molar-refractivity contribution in [1.82, 2.24) is 0 Å². The molecule has 4 rings (SSSR count). The molecule has 2 nitrogen and oxygen atoms in total. The van der Waals surface area contributed by atoms with Crippen molar-refractivity contribution in [3.8, 4) is 11.5 Å². The zero-order valence-electron chi connectivity index (χ0n) is 11.6. The number of anilines is 2. The Kier molecular flexibility index (Phi) is 2.86. The highest BCUT2D eigenvalue weighted by molar-refractivity contribution is 5.77. The third-order valence-electron chi connectivity index (χ3n) is 3.72. The molecule has 1 aliphatic rings. The first-order chi connectivity index (χ1) is 10.4. The predicted octanol–water partition coefficient (Wildman–Crippen LogP) is 5.13. The highest BCUT2D eigenvalue weighted by Crippen LogP contribution is 2.46. The Hall–Kier alpha value is -2.74. The lowest BCUT2D eigenvalue weighted by atomic mass is 10.1. The number of fused-ring (bicyclic) bond motifs is 2. The number of nitrogens with zero attached hydrogens (tertiary/aromatic N) is 1. The van der Waals surface area contributed by atoms with Gasteiger partial charge in [-0.25, -0.2) is 0 Å². The minimum Gasteiger partial charge on any atom is -0.453 e. The highest BCUT2D eigenvalue weighted by Gasteiger charge is 2.23. The Labute approximate surface area is 124 Å². The van der Waals surface area contributed by atoms with E-state index in [1.807, 2.05) is 42.5 Å². The molecule has 102 valence electrons. The molecule has 0 fully saturated rings. The van der Waals surface area contributed by atoms with Crippen LogP contribution in [0.15, 0.2) is 78.9 Å². The molecule has 0 spiro atoms. The van der Waals surface area contributed by atoms with Crippen molar-refractivity contribution in [1.29, 1.82) is 0 Å². The van der Waals surface area contributed by atoms with Gasteiger partial charge in [0.1, 0.15) is 0 Å². The van der Waals surface area contributed by atoms with Crippen LogP contribution < -0.4 is 9.64 Å². The van der Waals surface area contributed by atoms with Gasteiger partial charge in [-0.15, -0.1) is 0 Å². The van der Waals surface area contributed by atoms with Gasteiger partial charge in [0.25, 0.3) is 0 Å². The first-order valence-corrected chi connectivity index (χ1v) is 7.09. The summed E-state index contributed by atoms with van der Waals surface area (Å²) in [5, 5.41) is 0. The summed E-state index contributed by atoms with van der Waals surface area (Å²) in [7, 11) is 0. The van der Waals surface area contributed by atoms with Crippen molar-refractivity contribution < 1.29 is 4.74 Å². The maximum Gasteiger partial charge on any atom is 0.151 e. The van der Waals surface area contributed by atoms with Crippen molar-refractivity contribution in [2.24, 2.45) is 0 Å². The van der Waals surface area contributed by atoms with Gasteiger partial charge in [-0.1, -0.05) is 54.6 Å². The summed E-state index contributed by atoms with van der Waals surface area (Å²) >= 11 is 0. The van der Waals surface area contributed by atoms with Crippen LogP contribution in [0.4, 0.5) is 11.4 Å². The molecule has 0 atom stereocenters. The molecule has 0 saturated heterocycles. The van der Waals surface area contributed by atoms with E-state index in [0.717, 1.165) is 29.4 Å². The molecule has 0 radical (unpaired) electrons. The summed E-state index contributed by atoms with van der Waals surface area (Å²) in [6, 6.07) is 26.9. The van der Waals surface area contributed by atoms with Crippen LogP contribution in [0.1, 0.15) is 5.56 Å². The zero-order valence-corrected chi connectivity index (χ0v) is 11.6. The monoisotopic (exact) mass is 273 g/mol. The molecule has 0 N–H and O–H groups in total. The first kappa shape index (κ1) is 12.0. The molecule has 0 saturated carbocycles. The molecule has 2 heteroatoms. The molecular formula is C19H15NO. The summed E-state index contributed by atoms with van der Waals surface area (Å²) in [4.78, 5) is 2.31. The molecule has 0 aromatic heterocycles. The molecule has 0 aliphatic carbocycles. The lowest BCUT2D eigenvalue weighted by Crippen LogP contribution is -2.20. The fourth-order valence-electron chi connectivity index (χ4n) is 2.72. The Bertz CT molecular complexity index is 722. The second kappa shape index (κ2) is 4.98. The van der Waals surface area contributed by atoms with Gasteiger partial charge in [0.15, 0.2) is 11.5 Å². The van der Waals surface area contributed by atoms with E-state index < -0.39 is 0 Å². The molecule has 1 heterocycles. The average molecular weight is 273 g/mol. The fourth-order valence-corrected chi connectivity index (χ4v) is 2.72. The Morgan fingerprint density at radius 2 is 1.14 bits per heavy atom. The average Bonchev–Trinajstić information content (AvgIpc) is 2.55. The maximum absolute atomic E-state index is 6.00. The van der Waals surface area contributed by atoms with E-state index in [1.165, 1.54) is 5.56 Å². The van der Waals surface area contributed by atoms with Gasteiger partial charge in [0, 0.05) is 6.54 Å². The van der Waals surface area contributed by atoms with Crippen LogP contribution in [-0.4, -0.2) is 0 Å². The fraction of sp³-hybridized carbons (Fsp3) is 0.0526. The molecule has 3 aromatic carbocycles. The standard InChI is InChI=1S/C19H15NO/c1-2-8-15(9-3-1)14-20-16-10-4-6-12-18(16)21-19-13-7-5-11-17(19)20/h1-13H,14H2. The quantitative estimate of drug-likeness (QED) is 0.641. The number of para-hydroxylation sites is 4. The largest absolute Gasteiger partial charge is 0.453 e. The van der Waals surface area contributed by atoms with E-state index in [2.05, 4.69) is 41.3 Å². The van der Waals surface area contributed by atoms with E-state index in [1.54, 1.807) is 0 Å². The first-order valence-electron chi connectivity index (χ1n) is 7.09. The molecule has 0 unspecified atom stereocenters. The number of benzene rings is 3. The summed E-state index contributed by atoms with van der Waals surface area (Å²) in [5.41, 5.74) is 3.50. The third kappa shape index (κ3) is 2.15. The van der Waals surface area contributed by atoms with Crippen LogP contribution in [0.2, 0.25) is 0 Å². The van der Waals surface area contributed by atoms with Gasteiger partial charge in [0.05, 0.1) is 11.4 Å². The smallest absolute Gasteiger partial charge is 0.151 e. The van der Waals surface area contributed by atoms with Gasteiger partial charge >= 0.3 is 0 Å². The topological polar surface area (TPSA) is 12.5 Å². The van der Waals surface area contributed by atoms with Crippen LogP contribution in [0.3, 0.4) is 0 Å².